The molecule has 1 saturated heterocycles. The molecular formula is C14H15ClN4OS. The topological polar surface area (TPSA) is 57.6 Å². The van der Waals surface area contributed by atoms with Crippen molar-refractivity contribution in [3.8, 4) is 0 Å². The van der Waals surface area contributed by atoms with Crippen LogP contribution in [0.1, 0.15) is 24.8 Å². The van der Waals surface area contributed by atoms with Crippen LogP contribution >= 0.6 is 23.5 Å². The fourth-order valence-corrected chi connectivity index (χ4v) is 3.50. The molecule has 0 bridgehead atoms. The Morgan fingerprint density at radius 1 is 1.33 bits per heavy atom. The molecule has 110 valence electrons. The van der Waals surface area contributed by atoms with Crippen molar-refractivity contribution < 1.29 is 4.79 Å². The van der Waals surface area contributed by atoms with Gasteiger partial charge in [-0.2, -0.15) is 4.99 Å². The Bertz CT molecular complexity index is 611. The lowest BCUT2D eigenvalue weighted by Gasteiger charge is -2.27. The number of rotatable bonds is 2. The minimum Gasteiger partial charge on any atom is -0.351 e. The minimum absolute atomic E-state index is 0.190. The number of pyridine rings is 1. The summed E-state index contributed by atoms with van der Waals surface area (Å²) in [5, 5.41) is 0.815. The summed E-state index contributed by atoms with van der Waals surface area (Å²) in [5.74, 6) is -0.190. The van der Waals surface area contributed by atoms with Crippen LogP contribution < -0.4 is 4.84 Å². The summed E-state index contributed by atoms with van der Waals surface area (Å²) in [6, 6.07) is 1.76. The number of carbonyl (C=O) groups is 1. The van der Waals surface area contributed by atoms with Gasteiger partial charge in [-0.05, 0) is 43.2 Å². The van der Waals surface area contributed by atoms with E-state index in [2.05, 4.69) is 19.7 Å². The van der Waals surface area contributed by atoms with E-state index in [1.807, 2.05) is 0 Å². The number of aliphatic imine (C=N–C) groups is 1. The second kappa shape index (κ2) is 6.49. The van der Waals surface area contributed by atoms with Crippen molar-refractivity contribution >= 4 is 46.4 Å². The van der Waals surface area contributed by atoms with Gasteiger partial charge in [-0.15, -0.1) is 0 Å². The Morgan fingerprint density at radius 3 is 2.90 bits per heavy atom. The van der Waals surface area contributed by atoms with Crippen LogP contribution in [-0.2, 0) is 4.79 Å². The Kier molecular flexibility index (Phi) is 4.45. The lowest BCUT2D eigenvalue weighted by atomic mass is 10.1. The number of piperidine rings is 1. The molecule has 0 radical (unpaired) electrons. The predicted molar refractivity (Wildman–Crippen MR) is 87.1 cm³/mol. The van der Waals surface area contributed by atoms with Crippen molar-refractivity contribution in [2.24, 2.45) is 4.99 Å². The zero-order chi connectivity index (χ0) is 14.7. The lowest BCUT2D eigenvalue weighted by molar-refractivity contribution is -0.113. The summed E-state index contributed by atoms with van der Waals surface area (Å²) in [6.45, 7) is 1.96. The van der Waals surface area contributed by atoms with Crippen LogP contribution in [0, 0.1) is 0 Å². The van der Waals surface area contributed by atoms with Crippen LogP contribution in [0.25, 0.3) is 6.08 Å². The number of halogens is 1. The highest BCUT2D eigenvalue weighted by Crippen LogP contribution is 2.32. The number of carbonyl (C=O) groups excluding carboxylic acids is 1. The second-order valence-electron chi connectivity index (χ2n) is 4.92. The summed E-state index contributed by atoms with van der Waals surface area (Å²) < 4.78 is 0. The molecule has 1 fully saturated rings. The average Bonchev–Trinajstić information content (AvgIpc) is 2.90. The van der Waals surface area contributed by atoms with Crippen molar-refractivity contribution in [3.05, 3.63) is 28.9 Å². The molecule has 0 spiro atoms. The molecule has 5 nitrogen and oxygen atoms in total. The van der Waals surface area contributed by atoms with Crippen LogP contribution in [-0.4, -0.2) is 34.0 Å². The molecule has 1 aromatic heterocycles. The average molecular weight is 323 g/mol. The molecule has 1 aromatic rings. The maximum absolute atomic E-state index is 12.1. The third-order valence-electron chi connectivity index (χ3n) is 3.48. The quantitative estimate of drug-likeness (QED) is 0.669. The minimum atomic E-state index is -0.190. The van der Waals surface area contributed by atoms with E-state index >= 15 is 0 Å². The summed E-state index contributed by atoms with van der Waals surface area (Å²) in [7, 11) is 0. The van der Waals surface area contributed by atoms with E-state index < -0.39 is 0 Å². The molecule has 1 amide bonds. The fourth-order valence-electron chi connectivity index (χ4n) is 2.37. The standard InChI is InChI=1S/C14H15ClN4OS/c15-18-11-4-5-16-9-10(11)8-12-13(20)17-14(21-12)19-6-2-1-3-7-19/h4-5,8-9H,1-3,6-7H2,(H,16,18)/b12-8+. The molecule has 7 heteroatoms. The molecule has 2 aliphatic rings. The van der Waals surface area contributed by atoms with Crippen LogP contribution in [0.2, 0.25) is 0 Å². The molecule has 2 aliphatic heterocycles. The van der Waals surface area contributed by atoms with Gasteiger partial charge in [0.2, 0.25) is 0 Å². The van der Waals surface area contributed by atoms with Crippen LogP contribution in [0.15, 0.2) is 28.4 Å². The molecule has 1 N–H and O–H groups in total. The van der Waals surface area contributed by atoms with Crippen molar-refractivity contribution in [1.82, 2.24) is 9.88 Å². The van der Waals surface area contributed by atoms with E-state index in [0.717, 1.165) is 42.3 Å². The van der Waals surface area contributed by atoms with E-state index in [0.29, 0.717) is 4.91 Å². The predicted octanol–water partition coefficient (Wildman–Crippen LogP) is 3.10. The normalized spacial score (nSPS) is 20.8. The third-order valence-corrected chi connectivity index (χ3v) is 4.72. The molecule has 3 rings (SSSR count). The van der Waals surface area contributed by atoms with Gasteiger partial charge in [-0.1, -0.05) is 0 Å². The number of anilines is 1. The van der Waals surface area contributed by atoms with Crippen LogP contribution in [0.5, 0.6) is 0 Å². The SMILES string of the molecule is O=C1N=C(N2CCCCC2)S/C1=C/c1cnccc1NCl. The Labute approximate surface area is 132 Å². The number of aromatic nitrogens is 1. The van der Waals surface area contributed by atoms with Crippen LogP contribution in [0.4, 0.5) is 5.69 Å². The molecule has 0 aromatic carbocycles. The van der Waals surface area contributed by atoms with E-state index in [1.54, 1.807) is 24.5 Å². The smallest absolute Gasteiger partial charge is 0.286 e. The molecule has 0 atom stereocenters. The zero-order valence-electron chi connectivity index (χ0n) is 11.4. The van der Waals surface area contributed by atoms with Crippen molar-refractivity contribution in [1.29, 1.82) is 0 Å². The monoisotopic (exact) mass is 322 g/mol. The number of thioether (sulfide) groups is 1. The third kappa shape index (κ3) is 3.22. The highest BCUT2D eigenvalue weighted by Gasteiger charge is 2.27. The summed E-state index contributed by atoms with van der Waals surface area (Å²) in [4.78, 5) is 25.7. The highest BCUT2D eigenvalue weighted by molar-refractivity contribution is 8.18. The van der Waals surface area contributed by atoms with E-state index in [-0.39, 0.29) is 5.91 Å². The first-order valence-electron chi connectivity index (χ1n) is 6.86. The maximum atomic E-state index is 12.1. The van der Waals surface area contributed by atoms with Gasteiger partial charge in [0.1, 0.15) is 0 Å². The first kappa shape index (κ1) is 14.4. The number of nitrogens with one attached hydrogen (secondary N) is 1. The van der Waals surface area contributed by atoms with E-state index in [9.17, 15) is 4.79 Å². The van der Waals surface area contributed by atoms with Crippen molar-refractivity contribution in [3.63, 3.8) is 0 Å². The summed E-state index contributed by atoms with van der Waals surface area (Å²) in [5.41, 5.74) is 1.50. The number of amides is 1. The number of amidine groups is 1. The molecule has 0 saturated carbocycles. The molecule has 0 aliphatic carbocycles. The van der Waals surface area contributed by atoms with Crippen LogP contribution in [0.3, 0.4) is 0 Å². The van der Waals surface area contributed by atoms with Gasteiger partial charge in [0.05, 0.1) is 10.6 Å². The Hall–Kier alpha value is -1.53. The van der Waals surface area contributed by atoms with E-state index in [4.69, 9.17) is 11.8 Å². The van der Waals surface area contributed by atoms with Gasteiger partial charge in [0.25, 0.3) is 5.91 Å². The molecule has 3 heterocycles. The van der Waals surface area contributed by atoms with Gasteiger partial charge >= 0.3 is 0 Å². The molecule has 0 unspecified atom stereocenters. The lowest BCUT2D eigenvalue weighted by Crippen LogP contribution is -2.33. The number of hydrogen-bond donors (Lipinski definition) is 1. The van der Waals surface area contributed by atoms with E-state index in [1.165, 1.54) is 18.2 Å². The summed E-state index contributed by atoms with van der Waals surface area (Å²) >= 11 is 7.10. The van der Waals surface area contributed by atoms with Crippen molar-refractivity contribution in [2.45, 2.75) is 19.3 Å². The second-order valence-corrected chi connectivity index (χ2v) is 6.11. The fraction of sp³-hybridized carbons (Fsp3) is 0.357. The first-order chi connectivity index (χ1) is 10.3. The summed E-state index contributed by atoms with van der Waals surface area (Å²) in [6.07, 6.45) is 8.68. The largest absolute Gasteiger partial charge is 0.351 e. The highest BCUT2D eigenvalue weighted by atomic mass is 35.5. The Morgan fingerprint density at radius 2 is 2.14 bits per heavy atom. The Balaban J connectivity index is 1.79. The van der Waals surface area contributed by atoms with Crippen molar-refractivity contribution in [2.75, 3.05) is 17.9 Å². The van der Waals surface area contributed by atoms with Gasteiger partial charge in [0, 0.05) is 42.8 Å². The molecular weight excluding hydrogens is 308 g/mol. The van der Waals surface area contributed by atoms with Gasteiger partial charge in [0.15, 0.2) is 5.17 Å². The first-order valence-corrected chi connectivity index (χ1v) is 8.05. The van der Waals surface area contributed by atoms with Gasteiger partial charge in [-0.25, -0.2) is 0 Å². The zero-order valence-corrected chi connectivity index (χ0v) is 13.0. The number of hydrogen-bond acceptors (Lipinski definition) is 5. The number of nitrogens with zero attached hydrogens (tertiary/aromatic N) is 3. The maximum Gasteiger partial charge on any atom is 0.286 e. The number of likely N-dealkylation sites (tertiary alicyclic amines) is 1. The van der Waals surface area contributed by atoms with Gasteiger partial charge in [-0.3, -0.25) is 14.6 Å². The van der Waals surface area contributed by atoms with Gasteiger partial charge < -0.3 is 4.90 Å². The molecule has 21 heavy (non-hydrogen) atoms.